The molecule has 0 N–H and O–H groups in total. The summed E-state index contributed by atoms with van der Waals surface area (Å²) in [6, 6.07) is 30.5. The van der Waals surface area contributed by atoms with Gasteiger partial charge in [0, 0.05) is 5.19 Å². The number of hydrogen-bond acceptors (Lipinski definition) is 0. The predicted molar refractivity (Wildman–Crippen MR) is 221 cm³/mol. The minimum absolute atomic E-state index is 0.555. The Balaban J connectivity index is 0.000000339. The third kappa shape index (κ3) is 8.40. The molecule has 0 spiro atoms. The van der Waals surface area contributed by atoms with Gasteiger partial charge >= 0.3 is 0 Å². The Morgan fingerprint density at radius 2 is 0.507 bits per heavy atom. The molecule has 69 heavy (non-hydrogen) atoms. The van der Waals surface area contributed by atoms with Crippen LogP contribution in [0.1, 0.15) is 30.5 Å². The van der Waals surface area contributed by atoms with Crippen LogP contribution in [0.5, 0.6) is 0 Å². The quantitative estimate of drug-likeness (QED) is 0.0244. The van der Waals surface area contributed by atoms with E-state index in [1.165, 1.54) is 22.6 Å². The van der Waals surface area contributed by atoms with Crippen LogP contribution in [0.2, 0.25) is 12.1 Å². The SMILES string of the molecule is CC[Si](Cl)(CC)c1c(F)c(F)c([B-](c2c(F)c(F)c(F)c(F)c2F)(c2c(F)c(F)c(F)c(F)c2F)c2c(F)c(F)c(F)c(F)c2F)c(F)c1F.c1ccc([C+](c2ccccc2)c2ccccc2)cc1. The maximum absolute atomic E-state index is 16.4. The Bertz CT molecular complexity index is 2720. The molecule has 0 aromatic heterocycles. The average molecular weight is 1030 g/mol. The van der Waals surface area contributed by atoms with E-state index in [4.69, 9.17) is 11.1 Å². The van der Waals surface area contributed by atoms with Gasteiger partial charge in [0.25, 0.3) is 0 Å². The second-order valence-electron chi connectivity index (χ2n) is 15.0. The molecule has 0 aliphatic rings. The van der Waals surface area contributed by atoms with Gasteiger partial charge in [0.2, 0.25) is 0 Å². The van der Waals surface area contributed by atoms with Crippen LogP contribution < -0.4 is 27.0 Å². The van der Waals surface area contributed by atoms with Crippen molar-refractivity contribution >= 4 is 51.6 Å². The number of hydrogen-bond donors (Lipinski definition) is 0. The first-order valence-corrected chi connectivity index (χ1v) is 23.2. The highest BCUT2D eigenvalue weighted by Gasteiger charge is 2.53. The van der Waals surface area contributed by atoms with E-state index < -0.39 is 163 Å². The molecule has 0 unspecified atom stereocenters. The zero-order valence-corrected chi connectivity index (χ0v) is 36.5. The van der Waals surface area contributed by atoms with E-state index >= 15 is 43.9 Å². The Hall–Kier alpha value is -6.35. The van der Waals surface area contributed by atoms with Crippen molar-refractivity contribution in [2.45, 2.75) is 25.9 Å². The molecule has 0 radical (unpaired) electrons. The molecule has 360 valence electrons. The third-order valence-electron chi connectivity index (χ3n) is 11.5. The molecule has 0 heterocycles. The summed E-state index contributed by atoms with van der Waals surface area (Å²) < 4.78 is 290. The molecule has 0 bridgehead atoms. The van der Waals surface area contributed by atoms with Gasteiger partial charge in [-0.15, -0.1) is 21.9 Å². The number of halogens is 20. The molecular weight excluding hydrogens is 1000 g/mol. The van der Waals surface area contributed by atoms with Gasteiger partial charge in [-0.25, -0.2) is 83.4 Å². The molecule has 7 rings (SSSR count). The van der Waals surface area contributed by atoms with Crippen LogP contribution in [0.15, 0.2) is 91.0 Å². The summed E-state index contributed by atoms with van der Waals surface area (Å²) >= 11 is 6.18. The van der Waals surface area contributed by atoms with E-state index in [9.17, 15) is 39.5 Å². The third-order valence-corrected chi connectivity index (χ3v) is 17.3. The highest BCUT2D eigenvalue weighted by atomic mass is 35.6. The normalized spacial score (nSPS) is 11.7. The lowest BCUT2D eigenvalue weighted by molar-refractivity contribution is 0.379. The zero-order chi connectivity index (χ0) is 51.2. The zero-order valence-electron chi connectivity index (χ0n) is 34.7. The molecule has 0 amide bonds. The fraction of sp³-hybridized carbons (Fsp3) is 0.0851. The van der Waals surface area contributed by atoms with E-state index in [1.54, 1.807) is 0 Å². The van der Waals surface area contributed by atoms with E-state index in [0.717, 1.165) is 13.8 Å². The second kappa shape index (κ2) is 19.9. The average Bonchev–Trinajstić information content (AvgIpc) is 3.35. The molecule has 0 nitrogen and oxygen atoms in total. The summed E-state index contributed by atoms with van der Waals surface area (Å²) in [4.78, 5) is 0. The van der Waals surface area contributed by atoms with Gasteiger partial charge in [-0.3, -0.25) is 0 Å². The smallest absolute Gasteiger partial charge is 0.200 e. The largest absolute Gasteiger partial charge is 0.207 e. The predicted octanol–water partition coefficient (Wildman–Crippen LogP) is 11.8. The molecule has 7 aromatic carbocycles. The molecule has 7 aromatic rings. The summed E-state index contributed by atoms with van der Waals surface area (Å²) in [5.74, 6) is -63.7. The molecule has 0 saturated carbocycles. The first-order chi connectivity index (χ1) is 32.5. The van der Waals surface area contributed by atoms with Gasteiger partial charge in [0.15, 0.2) is 71.4 Å². The van der Waals surface area contributed by atoms with E-state index in [-0.39, 0.29) is 0 Å². The Labute approximate surface area is 384 Å². The lowest BCUT2D eigenvalue weighted by Crippen LogP contribution is -2.81. The first-order valence-electron chi connectivity index (χ1n) is 19.8. The molecule has 0 aliphatic carbocycles. The van der Waals surface area contributed by atoms with Gasteiger partial charge in [-0.05, 0) is 84.9 Å². The van der Waals surface area contributed by atoms with Crippen molar-refractivity contribution in [2.24, 2.45) is 0 Å². The van der Waals surface area contributed by atoms with Crippen LogP contribution in [0, 0.1) is 116 Å². The van der Waals surface area contributed by atoms with E-state index in [1.807, 2.05) is 0 Å². The van der Waals surface area contributed by atoms with Crippen molar-refractivity contribution in [3.8, 4) is 0 Å². The Morgan fingerprint density at radius 3 is 0.710 bits per heavy atom. The fourth-order valence-electron chi connectivity index (χ4n) is 8.21. The van der Waals surface area contributed by atoms with Crippen LogP contribution in [-0.2, 0) is 0 Å². The Kier molecular flexibility index (Phi) is 15.0. The summed E-state index contributed by atoms with van der Waals surface area (Å²) in [7, 11) is -4.39. The second-order valence-corrected chi connectivity index (χ2v) is 21.0. The molecule has 22 heteroatoms. The van der Waals surface area contributed by atoms with Crippen molar-refractivity contribution in [1.29, 1.82) is 0 Å². The van der Waals surface area contributed by atoms with Crippen LogP contribution in [-0.4, -0.2) is 13.5 Å². The van der Waals surface area contributed by atoms with Gasteiger partial charge in [0.05, 0.1) is 22.6 Å². The van der Waals surface area contributed by atoms with Crippen LogP contribution >= 0.6 is 11.1 Å². The van der Waals surface area contributed by atoms with Crippen molar-refractivity contribution in [2.75, 3.05) is 0 Å². The van der Waals surface area contributed by atoms with Crippen LogP contribution in [0.3, 0.4) is 0 Å². The summed E-state index contributed by atoms with van der Waals surface area (Å²) in [5.41, 5.74) is -10.0. The maximum Gasteiger partial charge on any atom is 0.200 e. The van der Waals surface area contributed by atoms with Crippen molar-refractivity contribution in [1.82, 2.24) is 0 Å². The fourth-order valence-corrected chi connectivity index (χ4v) is 10.9. The van der Waals surface area contributed by atoms with Crippen molar-refractivity contribution in [3.63, 3.8) is 0 Å². The van der Waals surface area contributed by atoms with Gasteiger partial charge in [-0.2, -0.15) is 11.1 Å². The summed E-state index contributed by atoms with van der Waals surface area (Å²) in [5, 5.41) is -1.79. The molecule has 0 aliphatic heterocycles. The first kappa shape index (κ1) is 52.0. The number of rotatable bonds is 10. The Morgan fingerprint density at radius 1 is 0.319 bits per heavy atom. The lowest BCUT2D eigenvalue weighted by Gasteiger charge is -2.45. The van der Waals surface area contributed by atoms with E-state index in [2.05, 4.69) is 91.0 Å². The highest BCUT2D eigenvalue weighted by molar-refractivity contribution is 7.27. The van der Waals surface area contributed by atoms with Gasteiger partial charge in [0.1, 0.15) is 52.7 Å². The van der Waals surface area contributed by atoms with Crippen LogP contribution in [0.4, 0.5) is 83.4 Å². The molecule has 0 atom stereocenters. The maximum atomic E-state index is 16.4. The molecule has 0 fully saturated rings. The summed E-state index contributed by atoms with van der Waals surface area (Å²) in [6.07, 6.45) is -7.13. The van der Waals surface area contributed by atoms with Gasteiger partial charge in [-0.1, -0.05) is 32.0 Å². The van der Waals surface area contributed by atoms with Crippen LogP contribution in [0.25, 0.3) is 0 Å². The minimum Gasteiger partial charge on any atom is -0.207 e. The molecule has 0 saturated heterocycles. The van der Waals surface area contributed by atoms with E-state index in [0.29, 0.717) is 0 Å². The molecular formula is C47H25BClF19Si. The minimum atomic E-state index is -7.13. The van der Waals surface area contributed by atoms with Crippen molar-refractivity contribution in [3.05, 3.63) is 224 Å². The highest BCUT2D eigenvalue weighted by Crippen LogP contribution is 2.33. The topological polar surface area (TPSA) is 0 Å². The summed E-state index contributed by atoms with van der Waals surface area (Å²) in [6.45, 7) is 2.16. The lowest BCUT2D eigenvalue weighted by atomic mass is 9.12. The number of benzene rings is 7. The van der Waals surface area contributed by atoms with Gasteiger partial charge < -0.3 is 0 Å². The monoisotopic (exact) mass is 1020 g/mol. The van der Waals surface area contributed by atoms with Crippen molar-refractivity contribution < 1.29 is 83.4 Å². The standard InChI is InChI=1S/C28H10BClF19Si.C19H15/c1-3-50(30,4-2)28-26(48)15(37)8(16(38)27(28)49)29(5-9(31)17(39)23(45)18(40)10(5)32,6-11(33)19(41)24(46)20(42)12(6)34)7-13(35)21(43)25(47)22(44)14(7)36;1-4-10-16(11-5-1)19(17-12-6-2-7-13-17)18-14-8-3-9-15-18/h3-4H2,1-2H3;1-15H/q-1;+1.